The zero-order chi connectivity index (χ0) is 23.0. The summed E-state index contributed by atoms with van der Waals surface area (Å²) in [6, 6.07) is 2.79. The Hall–Kier alpha value is -2.26. The number of likely N-dealkylation sites (tertiary alicyclic amines) is 1. The van der Waals surface area contributed by atoms with Gasteiger partial charge in [-0.05, 0) is 49.8 Å². The van der Waals surface area contributed by atoms with Crippen molar-refractivity contribution in [3.63, 3.8) is 0 Å². The summed E-state index contributed by atoms with van der Waals surface area (Å²) in [5.41, 5.74) is 0.898. The van der Waals surface area contributed by atoms with E-state index in [0.717, 1.165) is 44.1 Å². The average Bonchev–Trinajstić information content (AvgIpc) is 3.10. The fourth-order valence-corrected chi connectivity index (χ4v) is 5.79. The number of halogens is 2. The second kappa shape index (κ2) is 8.94. The number of anilines is 1. The van der Waals surface area contributed by atoms with E-state index < -0.39 is 15.7 Å². The zero-order valence-electron chi connectivity index (χ0n) is 18.1. The van der Waals surface area contributed by atoms with Crippen molar-refractivity contribution in [1.82, 2.24) is 14.9 Å². The van der Waals surface area contributed by atoms with Crippen molar-refractivity contribution in [2.24, 2.45) is 5.92 Å². The minimum atomic E-state index is -3.49. The molecule has 0 bridgehead atoms. The van der Waals surface area contributed by atoms with Crippen molar-refractivity contribution >= 4 is 33.2 Å². The van der Waals surface area contributed by atoms with Gasteiger partial charge in [-0.25, -0.2) is 22.8 Å². The SMILES string of the molecule is Cc1cc(C[C@H]2CCN(C3CCN(c4cnc(Cl)cn4)CC3)C2=O)c(F)cc1S(C)(=O)=O. The Morgan fingerprint density at radius 3 is 2.47 bits per heavy atom. The number of aryl methyl sites for hydroxylation is 1. The number of carbonyl (C=O) groups excluding carboxylic acids is 1. The number of benzene rings is 1. The highest BCUT2D eigenvalue weighted by molar-refractivity contribution is 7.90. The molecule has 0 N–H and O–H groups in total. The monoisotopic (exact) mass is 480 g/mol. The fourth-order valence-electron chi connectivity index (χ4n) is 4.73. The Kier molecular flexibility index (Phi) is 6.40. The lowest BCUT2D eigenvalue weighted by Gasteiger charge is -2.37. The van der Waals surface area contributed by atoms with Crippen molar-refractivity contribution in [3.05, 3.63) is 46.6 Å². The molecule has 1 aromatic carbocycles. The minimum absolute atomic E-state index is 0.00439. The first-order chi connectivity index (χ1) is 15.1. The molecule has 0 unspecified atom stereocenters. The summed E-state index contributed by atoms with van der Waals surface area (Å²) in [6.07, 6.45) is 6.88. The van der Waals surface area contributed by atoms with Gasteiger partial charge in [-0.1, -0.05) is 17.7 Å². The molecule has 2 fully saturated rings. The number of nitrogens with zero attached hydrogens (tertiary/aromatic N) is 4. The smallest absolute Gasteiger partial charge is 0.226 e. The van der Waals surface area contributed by atoms with Crippen LogP contribution in [0.1, 0.15) is 30.4 Å². The van der Waals surface area contributed by atoms with Gasteiger partial charge < -0.3 is 9.80 Å². The molecule has 1 amide bonds. The molecule has 10 heteroatoms. The van der Waals surface area contributed by atoms with Crippen molar-refractivity contribution in [1.29, 1.82) is 0 Å². The third kappa shape index (κ3) is 4.73. The highest BCUT2D eigenvalue weighted by Gasteiger charge is 2.37. The number of sulfone groups is 1. The molecular weight excluding hydrogens is 455 g/mol. The summed E-state index contributed by atoms with van der Waals surface area (Å²) in [5.74, 6) is -0.0198. The lowest BCUT2D eigenvalue weighted by molar-refractivity contribution is -0.133. The molecule has 0 saturated carbocycles. The first-order valence-electron chi connectivity index (χ1n) is 10.7. The molecule has 4 rings (SSSR count). The first-order valence-corrected chi connectivity index (χ1v) is 12.9. The maximum atomic E-state index is 14.6. The molecular formula is C22H26ClFN4O3S. The first kappa shape index (κ1) is 22.9. The van der Waals surface area contributed by atoms with Crippen molar-refractivity contribution < 1.29 is 17.6 Å². The maximum absolute atomic E-state index is 14.6. The minimum Gasteiger partial charge on any atom is -0.355 e. The molecule has 0 radical (unpaired) electrons. The third-order valence-corrected chi connectivity index (χ3v) is 7.83. The van der Waals surface area contributed by atoms with E-state index in [1.807, 2.05) is 4.90 Å². The van der Waals surface area contributed by atoms with Gasteiger partial charge in [-0.2, -0.15) is 0 Å². The Balaban J connectivity index is 1.39. The molecule has 3 heterocycles. The number of piperidine rings is 1. The third-order valence-electron chi connectivity index (χ3n) is 6.40. The van der Waals surface area contributed by atoms with Crippen LogP contribution in [0.15, 0.2) is 29.4 Å². The molecule has 7 nitrogen and oxygen atoms in total. The molecule has 1 atom stereocenters. The molecule has 172 valence electrons. The van der Waals surface area contributed by atoms with Gasteiger partial charge in [0.25, 0.3) is 0 Å². The Labute approximate surface area is 192 Å². The number of amides is 1. The van der Waals surface area contributed by atoms with E-state index in [0.29, 0.717) is 29.2 Å². The quantitative estimate of drug-likeness (QED) is 0.654. The van der Waals surface area contributed by atoms with Crippen LogP contribution in [-0.4, -0.2) is 61.1 Å². The van der Waals surface area contributed by atoms with Crippen LogP contribution in [-0.2, 0) is 21.1 Å². The van der Waals surface area contributed by atoms with Crippen LogP contribution in [0.2, 0.25) is 5.15 Å². The summed E-state index contributed by atoms with van der Waals surface area (Å²) in [6.45, 7) is 3.87. The second-order valence-electron chi connectivity index (χ2n) is 8.62. The maximum Gasteiger partial charge on any atom is 0.226 e. The molecule has 2 aromatic rings. The van der Waals surface area contributed by atoms with Crippen LogP contribution in [0, 0.1) is 18.7 Å². The lowest BCUT2D eigenvalue weighted by Crippen LogP contribution is -2.46. The van der Waals surface area contributed by atoms with Gasteiger partial charge in [0.15, 0.2) is 9.84 Å². The second-order valence-corrected chi connectivity index (χ2v) is 11.0. The Bertz CT molecular complexity index is 1120. The Morgan fingerprint density at radius 2 is 1.84 bits per heavy atom. The van der Waals surface area contributed by atoms with Gasteiger partial charge in [-0.15, -0.1) is 0 Å². The van der Waals surface area contributed by atoms with E-state index in [1.54, 1.807) is 19.2 Å². The van der Waals surface area contributed by atoms with E-state index in [-0.39, 0.29) is 29.2 Å². The zero-order valence-corrected chi connectivity index (χ0v) is 19.7. The topological polar surface area (TPSA) is 83.5 Å². The van der Waals surface area contributed by atoms with Crippen LogP contribution < -0.4 is 4.90 Å². The molecule has 32 heavy (non-hydrogen) atoms. The van der Waals surface area contributed by atoms with Gasteiger partial charge in [0.2, 0.25) is 5.91 Å². The molecule has 0 spiro atoms. The standard InChI is InChI=1S/C22H26ClFN4O3S/c1-14-9-16(18(24)11-19(14)32(2,30)31)10-15-3-8-28(22(15)29)17-4-6-27(7-5-17)21-13-25-20(23)12-26-21/h9,11-13,15,17H,3-8,10H2,1-2H3/t15-/m1/s1. The van der Waals surface area contributed by atoms with Crippen LogP contribution >= 0.6 is 11.6 Å². The van der Waals surface area contributed by atoms with Gasteiger partial charge in [0.05, 0.1) is 17.3 Å². The summed E-state index contributed by atoms with van der Waals surface area (Å²) in [7, 11) is -3.49. The van der Waals surface area contributed by atoms with Crippen molar-refractivity contribution in [2.75, 3.05) is 30.8 Å². The van der Waals surface area contributed by atoms with E-state index in [2.05, 4.69) is 14.9 Å². The summed E-state index contributed by atoms with van der Waals surface area (Å²) in [5, 5.41) is 0.356. The van der Waals surface area contributed by atoms with Crippen molar-refractivity contribution in [2.45, 2.75) is 43.5 Å². The highest BCUT2D eigenvalue weighted by Crippen LogP contribution is 2.30. The predicted molar refractivity (Wildman–Crippen MR) is 120 cm³/mol. The summed E-state index contributed by atoms with van der Waals surface area (Å²) in [4.78, 5) is 25.5. The van der Waals surface area contributed by atoms with E-state index in [1.165, 1.54) is 6.20 Å². The summed E-state index contributed by atoms with van der Waals surface area (Å²) >= 11 is 5.81. The molecule has 2 aliphatic rings. The number of carbonyl (C=O) groups is 1. The van der Waals surface area contributed by atoms with E-state index in [9.17, 15) is 17.6 Å². The van der Waals surface area contributed by atoms with Crippen LogP contribution in [0.25, 0.3) is 0 Å². The van der Waals surface area contributed by atoms with Crippen LogP contribution in [0.4, 0.5) is 10.2 Å². The fraction of sp³-hybridized carbons (Fsp3) is 0.500. The number of hydrogen-bond donors (Lipinski definition) is 0. The van der Waals surface area contributed by atoms with Gasteiger partial charge >= 0.3 is 0 Å². The number of hydrogen-bond acceptors (Lipinski definition) is 6. The van der Waals surface area contributed by atoms with E-state index in [4.69, 9.17) is 11.6 Å². The lowest BCUT2D eigenvalue weighted by atomic mass is 9.96. The average molecular weight is 481 g/mol. The molecule has 0 aliphatic carbocycles. The molecule has 1 aromatic heterocycles. The Morgan fingerprint density at radius 1 is 1.12 bits per heavy atom. The number of rotatable bonds is 5. The highest BCUT2D eigenvalue weighted by atomic mass is 35.5. The largest absolute Gasteiger partial charge is 0.355 e. The molecule has 2 aliphatic heterocycles. The van der Waals surface area contributed by atoms with Crippen LogP contribution in [0.5, 0.6) is 0 Å². The van der Waals surface area contributed by atoms with Crippen molar-refractivity contribution in [3.8, 4) is 0 Å². The summed E-state index contributed by atoms with van der Waals surface area (Å²) < 4.78 is 38.2. The van der Waals surface area contributed by atoms with Gasteiger partial charge in [-0.3, -0.25) is 4.79 Å². The van der Waals surface area contributed by atoms with E-state index >= 15 is 0 Å². The van der Waals surface area contributed by atoms with Gasteiger partial charge in [0.1, 0.15) is 16.8 Å². The normalized spacial score (nSPS) is 20.2. The molecule has 2 saturated heterocycles. The van der Waals surface area contributed by atoms with Gasteiger partial charge in [0, 0.05) is 37.8 Å². The number of aromatic nitrogens is 2. The van der Waals surface area contributed by atoms with Crippen LogP contribution in [0.3, 0.4) is 0 Å². The predicted octanol–water partition coefficient (Wildman–Crippen LogP) is 3.04.